The van der Waals surface area contributed by atoms with E-state index in [1.807, 2.05) is 24.3 Å². The lowest BCUT2D eigenvalue weighted by molar-refractivity contribution is -0.128. The minimum absolute atomic E-state index is 0.112. The Morgan fingerprint density at radius 2 is 1.48 bits per heavy atom. The summed E-state index contributed by atoms with van der Waals surface area (Å²) >= 11 is 0. The summed E-state index contributed by atoms with van der Waals surface area (Å²) in [6.07, 6.45) is 8.00. The van der Waals surface area contributed by atoms with Crippen molar-refractivity contribution in [3.8, 4) is 0 Å². The summed E-state index contributed by atoms with van der Waals surface area (Å²) in [5.74, 6) is 0.999. The minimum Gasteiger partial charge on any atom is -0.299 e. The van der Waals surface area contributed by atoms with Gasteiger partial charge in [-0.3, -0.25) is 14.0 Å². The van der Waals surface area contributed by atoms with E-state index in [9.17, 15) is 14.0 Å². The van der Waals surface area contributed by atoms with Crippen molar-refractivity contribution >= 4 is 11.6 Å². The quantitative estimate of drug-likeness (QED) is 0.578. The Hall–Kier alpha value is -1.51. The molecule has 2 nitrogen and oxygen atoms in total. The van der Waals surface area contributed by atoms with Gasteiger partial charge in [-0.2, -0.15) is 0 Å². The van der Waals surface area contributed by atoms with Gasteiger partial charge >= 0.3 is 0 Å². The van der Waals surface area contributed by atoms with Crippen LogP contribution in [0.25, 0.3) is 0 Å². The molecule has 2 rings (SSSR count). The number of alkyl halides is 1. The Labute approximate surface area is 151 Å². The molecular formula is C22H31FO2. The van der Waals surface area contributed by atoms with E-state index in [-0.39, 0.29) is 18.5 Å². The summed E-state index contributed by atoms with van der Waals surface area (Å²) in [6, 6.07) is 7.99. The maximum atomic E-state index is 12.5. The summed E-state index contributed by atoms with van der Waals surface area (Å²) in [5.41, 5.74) is 2.16. The van der Waals surface area contributed by atoms with Crippen molar-refractivity contribution in [2.45, 2.75) is 71.1 Å². The molecule has 0 saturated heterocycles. The zero-order valence-corrected chi connectivity index (χ0v) is 15.4. The molecule has 0 amide bonds. The van der Waals surface area contributed by atoms with Crippen LogP contribution in [0.2, 0.25) is 0 Å². The van der Waals surface area contributed by atoms with E-state index in [0.717, 1.165) is 56.1 Å². The van der Waals surface area contributed by atoms with E-state index >= 15 is 0 Å². The van der Waals surface area contributed by atoms with Crippen LogP contribution in [0, 0.1) is 11.8 Å². The molecular weight excluding hydrogens is 315 g/mol. The third kappa shape index (κ3) is 6.37. The number of aryl methyl sites for hydroxylation is 1. The zero-order valence-electron chi connectivity index (χ0n) is 15.4. The van der Waals surface area contributed by atoms with Crippen LogP contribution < -0.4 is 0 Å². The standard InChI is InChI=1S/C22H31FO2/c1-2-3-6-21(24)19-11-13-20(14-12-19)22(25)16-18-9-7-17(8-10-18)5-4-15-23/h7-10,19-20H,2-6,11-16H2,1H3/t19-,20-. The number of Topliss-reactive ketones (excluding diaryl/α,β-unsaturated/α-hetero) is 2. The highest BCUT2D eigenvalue weighted by molar-refractivity contribution is 5.84. The molecule has 0 heterocycles. The van der Waals surface area contributed by atoms with E-state index in [0.29, 0.717) is 30.8 Å². The van der Waals surface area contributed by atoms with Crippen molar-refractivity contribution < 1.29 is 14.0 Å². The van der Waals surface area contributed by atoms with Crippen LogP contribution in [0.4, 0.5) is 4.39 Å². The molecule has 0 bridgehead atoms. The Balaban J connectivity index is 1.77. The highest BCUT2D eigenvalue weighted by Crippen LogP contribution is 2.31. The number of unbranched alkanes of at least 4 members (excludes halogenated alkanes) is 1. The van der Waals surface area contributed by atoms with E-state index in [1.165, 1.54) is 0 Å². The normalized spacial score (nSPS) is 20.4. The number of rotatable bonds is 10. The van der Waals surface area contributed by atoms with Crippen LogP contribution >= 0.6 is 0 Å². The summed E-state index contributed by atoms with van der Waals surface area (Å²) < 4.78 is 12.2. The maximum Gasteiger partial charge on any atom is 0.140 e. The molecule has 1 aromatic rings. The van der Waals surface area contributed by atoms with Gasteiger partial charge in [0.15, 0.2) is 0 Å². The number of carbonyl (C=O) groups is 2. The van der Waals surface area contributed by atoms with Gasteiger partial charge in [-0.15, -0.1) is 0 Å². The lowest BCUT2D eigenvalue weighted by Gasteiger charge is -2.27. The number of hydrogen-bond donors (Lipinski definition) is 0. The summed E-state index contributed by atoms with van der Waals surface area (Å²) in [7, 11) is 0. The molecule has 0 N–H and O–H groups in total. The predicted octanol–water partition coefficient (Wildman–Crippen LogP) is 5.27. The van der Waals surface area contributed by atoms with Crippen LogP contribution in [0.3, 0.4) is 0 Å². The average molecular weight is 346 g/mol. The topological polar surface area (TPSA) is 34.1 Å². The van der Waals surface area contributed by atoms with Gasteiger partial charge in [0.25, 0.3) is 0 Å². The largest absolute Gasteiger partial charge is 0.299 e. The molecule has 0 unspecified atom stereocenters. The minimum atomic E-state index is -0.288. The van der Waals surface area contributed by atoms with Crippen LogP contribution in [0.5, 0.6) is 0 Å². The molecule has 138 valence electrons. The molecule has 25 heavy (non-hydrogen) atoms. The molecule has 1 aliphatic rings. The zero-order chi connectivity index (χ0) is 18.1. The summed E-state index contributed by atoms with van der Waals surface area (Å²) in [6.45, 7) is 1.82. The van der Waals surface area contributed by atoms with Crippen molar-refractivity contribution in [2.75, 3.05) is 6.67 Å². The first kappa shape index (κ1) is 19.8. The van der Waals surface area contributed by atoms with Crippen molar-refractivity contribution in [1.29, 1.82) is 0 Å². The molecule has 1 aromatic carbocycles. The number of halogens is 1. The Morgan fingerprint density at radius 3 is 2.04 bits per heavy atom. The van der Waals surface area contributed by atoms with Gasteiger partial charge in [0.05, 0.1) is 6.67 Å². The molecule has 0 spiro atoms. The SMILES string of the molecule is CCCCC(=O)[C@H]1CC[C@H](C(=O)Cc2ccc(CCCF)cc2)CC1. The smallest absolute Gasteiger partial charge is 0.140 e. The molecule has 1 saturated carbocycles. The van der Waals surface area contributed by atoms with Crippen molar-refractivity contribution in [2.24, 2.45) is 11.8 Å². The summed E-state index contributed by atoms with van der Waals surface area (Å²) in [4.78, 5) is 24.7. The number of benzene rings is 1. The Bertz CT molecular complexity index is 542. The lowest BCUT2D eigenvalue weighted by Crippen LogP contribution is -2.26. The fourth-order valence-corrected chi connectivity index (χ4v) is 3.73. The predicted molar refractivity (Wildman–Crippen MR) is 99.4 cm³/mol. The lowest BCUT2D eigenvalue weighted by atomic mass is 9.76. The molecule has 0 aliphatic heterocycles. The van der Waals surface area contributed by atoms with Crippen LogP contribution in [0.1, 0.15) is 69.4 Å². The molecule has 0 aromatic heterocycles. The first-order valence-electron chi connectivity index (χ1n) is 9.83. The van der Waals surface area contributed by atoms with E-state index in [1.54, 1.807) is 0 Å². The van der Waals surface area contributed by atoms with Crippen LogP contribution in [-0.4, -0.2) is 18.2 Å². The van der Waals surface area contributed by atoms with Crippen molar-refractivity contribution in [3.63, 3.8) is 0 Å². The molecule has 1 fully saturated rings. The first-order valence-corrected chi connectivity index (χ1v) is 9.83. The maximum absolute atomic E-state index is 12.5. The number of ketones is 2. The second kappa shape index (κ2) is 10.5. The van der Waals surface area contributed by atoms with Gasteiger partial charge < -0.3 is 0 Å². The fraction of sp³-hybridized carbons (Fsp3) is 0.636. The highest BCUT2D eigenvalue weighted by Gasteiger charge is 2.29. The number of carbonyl (C=O) groups excluding carboxylic acids is 2. The van der Waals surface area contributed by atoms with Gasteiger partial charge in [-0.25, -0.2) is 0 Å². The Morgan fingerprint density at radius 1 is 0.920 bits per heavy atom. The first-order chi connectivity index (χ1) is 12.1. The van der Waals surface area contributed by atoms with Gasteiger partial charge in [0.2, 0.25) is 0 Å². The second-order valence-corrected chi connectivity index (χ2v) is 7.37. The van der Waals surface area contributed by atoms with Gasteiger partial charge in [-0.05, 0) is 56.1 Å². The third-order valence-corrected chi connectivity index (χ3v) is 5.42. The second-order valence-electron chi connectivity index (χ2n) is 7.37. The molecule has 3 heteroatoms. The number of hydrogen-bond acceptors (Lipinski definition) is 2. The van der Waals surface area contributed by atoms with E-state index in [2.05, 4.69) is 6.92 Å². The van der Waals surface area contributed by atoms with E-state index in [4.69, 9.17) is 0 Å². The molecule has 1 aliphatic carbocycles. The third-order valence-electron chi connectivity index (χ3n) is 5.42. The van der Waals surface area contributed by atoms with Crippen LogP contribution in [0.15, 0.2) is 24.3 Å². The molecule has 0 radical (unpaired) electrons. The van der Waals surface area contributed by atoms with Gasteiger partial charge in [0.1, 0.15) is 11.6 Å². The van der Waals surface area contributed by atoms with Crippen molar-refractivity contribution in [1.82, 2.24) is 0 Å². The van der Waals surface area contributed by atoms with Gasteiger partial charge in [-0.1, -0.05) is 37.6 Å². The van der Waals surface area contributed by atoms with Crippen LogP contribution in [-0.2, 0) is 22.4 Å². The highest BCUT2D eigenvalue weighted by atomic mass is 19.1. The summed E-state index contributed by atoms with van der Waals surface area (Å²) in [5, 5.41) is 0. The van der Waals surface area contributed by atoms with E-state index < -0.39 is 0 Å². The monoisotopic (exact) mass is 346 g/mol. The average Bonchev–Trinajstić information content (AvgIpc) is 2.65. The fourth-order valence-electron chi connectivity index (χ4n) is 3.73. The molecule has 0 atom stereocenters. The Kier molecular flexibility index (Phi) is 8.30. The van der Waals surface area contributed by atoms with Gasteiger partial charge in [0, 0.05) is 24.7 Å². The van der Waals surface area contributed by atoms with Crippen molar-refractivity contribution in [3.05, 3.63) is 35.4 Å².